The number of nitrogens with zero attached hydrogens (tertiary/aromatic N) is 3. The zero-order chi connectivity index (χ0) is 19.3. The van der Waals surface area contributed by atoms with Gasteiger partial charge < -0.3 is 15.5 Å². The molecule has 1 saturated heterocycles. The number of carbonyl (C=O) groups excluding carboxylic acids is 1. The van der Waals surface area contributed by atoms with Crippen LogP contribution in [-0.4, -0.2) is 29.0 Å². The molecule has 28 heavy (non-hydrogen) atoms. The number of amides is 1. The molecule has 1 aliphatic heterocycles. The molecule has 0 atom stereocenters. The highest BCUT2D eigenvalue weighted by Crippen LogP contribution is 2.24. The predicted molar refractivity (Wildman–Crippen MR) is 113 cm³/mol. The summed E-state index contributed by atoms with van der Waals surface area (Å²) < 4.78 is 0. The van der Waals surface area contributed by atoms with Crippen LogP contribution in [-0.2, 0) is 0 Å². The van der Waals surface area contributed by atoms with Gasteiger partial charge in [-0.1, -0.05) is 23.7 Å². The largest absolute Gasteiger partial charge is 0.372 e. The first kappa shape index (κ1) is 18.3. The van der Waals surface area contributed by atoms with Gasteiger partial charge in [0.15, 0.2) is 0 Å². The van der Waals surface area contributed by atoms with Crippen molar-refractivity contribution in [3.63, 3.8) is 0 Å². The first-order valence-electron chi connectivity index (χ1n) is 9.20. The van der Waals surface area contributed by atoms with Crippen molar-refractivity contribution in [1.82, 2.24) is 9.97 Å². The van der Waals surface area contributed by atoms with Crippen molar-refractivity contribution in [1.29, 1.82) is 0 Å². The normalized spacial score (nSPS) is 13.4. The van der Waals surface area contributed by atoms with Gasteiger partial charge in [0.25, 0.3) is 5.91 Å². The summed E-state index contributed by atoms with van der Waals surface area (Å²) in [4.78, 5) is 23.4. The fourth-order valence-corrected chi connectivity index (χ4v) is 3.34. The number of aromatic nitrogens is 2. The van der Waals surface area contributed by atoms with E-state index in [0.717, 1.165) is 18.8 Å². The Hall–Kier alpha value is -3.12. The molecule has 0 radical (unpaired) electrons. The summed E-state index contributed by atoms with van der Waals surface area (Å²) in [7, 11) is 0. The quantitative estimate of drug-likeness (QED) is 0.656. The Morgan fingerprint density at radius 3 is 2.50 bits per heavy atom. The lowest BCUT2D eigenvalue weighted by Gasteiger charge is -2.17. The molecule has 6 nitrogen and oxygen atoms in total. The minimum Gasteiger partial charge on any atom is -0.372 e. The number of carbonyl (C=O) groups is 1. The van der Waals surface area contributed by atoms with E-state index in [2.05, 4.69) is 25.5 Å². The highest BCUT2D eigenvalue weighted by Gasteiger charge is 2.13. The van der Waals surface area contributed by atoms with Gasteiger partial charge in [0.2, 0.25) is 5.95 Å². The summed E-state index contributed by atoms with van der Waals surface area (Å²) in [5.41, 5.74) is 2.86. The number of anilines is 4. The summed E-state index contributed by atoms with van der Waals surface area (Å²) in [5, 5.41) is 6.46. The molecule has 0 saturated carbocycles. The minimum absolute atomic E-state index is 0.271. The zero-order valence-electron chi connectivity index (χ0n) is 15.2. The van der Waals surface area contributed by atoms with E-state index in [4.69, 9.17) is 11.6 Å². The van der Waals surface area contributed by atoms with Crippen molar-refractivity contribution in [2.24, 2.45) is 0 Å². The molecule has 1 aromatic heterocycles. The highest BCUT2D eigenvalue weighted by atomic mass is 35.5. The van der Waals surface area contributed by atoms with Crippen LogP contribution in [0.5, 0.6) is 0 Å². The van der Waals surface area contributed by atoms with E-state index in [9.17, 15) is 4.79 Å². The molecule has 3 aromatic rings. The van der Waals surface area contributed by atoms with E-state index < -0.39 is 0 Å². The van der Waals surface area contributed by atoms with E-state index in [1.807, 2.05) is 42.5 Å². The number of hydrogen-bond acceptors (Lipinski definition) is 5. The van der Waals surface area contributed by atoms with Gasteiger partial charge in [-0.15, -0.1) is 0 Å². The monoisotopic (exact) mass is 393 g/mol. The SMILES string of the molecule is O=C(Nc1ccc(N2CCCC2)cc1)c1ccnc(Nc2ccccc2Cl)n1. The van der Waals surface area contributed by atoms with Crippen molar-refractivity contribution in [2.75, 3.05) is 28.6 Å². The lowest BCUT2D eigenvalue weighted by molar-refractivity contribution is 0.102. The number of rotatable bonds is 5. The van der Waals surface area contributed by atoms with Crippen molar-refractivity contribution in [3.8, 4) is 0 Å². The number of hydrogen-bond donors (Lipinski definition) is 2. The van der Waals surface area contributed by atoms with E-state index in [0.29, 0.717) is 16.7 Å². The molecule has 4 rings (SSSR count). The van der Waals surface area contributed by atoms with Crippen molar-refractivity contribution < 1.29 is 4.79 Å². The summed E-state index contributed by atoms with van der Waals surface area (Å²) in [6.07, 6.45) is 4.01. The second-order valence-corrected chi connectivity index (χ2v) is 6.97. The third-order valence-electron chi connectivity index (χ3n) is 4.60. The molecular formula is C21H20ClN5O. The molecule has 2 N–H and O–H groups in total. The standard InChI is InChI=1S/C21H20ClN5O/c22-17-5-1-2-6-18(17)25-21-23-12-11-19(26-21)20(28)24-15-7-9-16(10-8-15)27-13-3-4-14-27/h1-2,5-12H,3-4,13-14H2,(H,24,28)(H,23,25,26). The average Bonchev–Trinajstić information content (AvgIpc) is 3.25. The predicted octanol–water partition coefficient (Wildman–Crippen LogP) is 4.73. The Morgan fingerprint density at radius 2 is 1.75 bits per heavy atom. The van der Waals surface area contributed by atoms with Crippen LogP contribution in [0.4, 0.5) is 23.0 Å². The van der Waals surface area contributed by atoms with E-state index in [1.165, 1.54) is 24.7 Å². The van der Waals surface area contributed by atoms with Gasteiger partial charge in [-0.05, 0) is 55.3 Å². The molecule has 2 heterocycles. The maximum absolute atomic E-state index is 12.6. The molecule has 0 spiro atoms. The van der Waals surface area contributed by atoms with Gasteiger partial charge in [0, 0.05) is 30.7 Å². The van der Waals surface area contributed by atoms with Crippen LogP contribution >= 0.6 is 11.6 Å². The van der Waals surface area contributed by atoms with Crippen LogP contribution in [0.2, 0.25) is 5.02 Å². The molecule has 0 aliphatic carbocycles. The van der Waals surface area contributed by atoms with Crippen LogP contribution < -0.4 is 15.5 Å². The second kappa shape index (κ2) is 8.27. The molecule has 1 amide bonds. The first-order valence-corrected chi connectivity index (χ1v) is 9.58. The fraction of sp³-hybridized carbons (Fsp3) is 0.190. The highest BCUT2D eigenvalue weighted by molar-refractivity contribution is 6.33. The summed E-state index contributed by atoms with van der Waals surface area (Å²) in [6.45, 7) is 2.18. The molecule has 0 unspecified atom stereocenters. The zero-order valence-corrected chi connectivity index (χ0v) is 16.0. The van der Waals surface area contributed by atoms with Crippen LogP contribution in [0.3, 0.4) is 0 Å². The van der Waals surface area contributed by atoms with Gasteiger partial charge in [-0.3, -0.25) is 4.79 Å². The third-order valence-corrected chi connectivity index (χ3v) is 4.93. The van der Waals surface area contributed by atoms with Crippen LogP contribution in [0, 0.1) is 0 Å². The first-order chi connectivity index (χ1) is 13.7. The maximum atomic E-state index is 12.6. The number of nitrogens with one attached hydrogen (secondary N) is 2. The average molecular weight is 394 g/mol. The fourth-order valence-electron chi connectivity index (χ4n) is 3.15. The Labute approximate surface area is 168 Å². The topological polar surface area (TPSA) is 70.2 Å². The summed E-state index contributed by atoms with van der Waals surface area (Å²) in [5.74, 6) is 0.0173. The molecule has 1 fully saturated rings. The van der Waals surface area contributed by atoms with Gasteiger partial charge in [0.1, 0.15) is 5.69 Å². The van der Waals surface area contributed by atoms with E-state index in [1.54, 1.807) is 12.1 Å². The Kier molecular flexibility index (Phi) is 5.39. The summed E-state index contributed by atoms with van der Waals surface area (Å²) in [6, 6.07) is 16.8. The van der Waals surface area contributed by atoms with Crippen LogP contribution in [0.25, 0.3) is 0 Å². The van der Waals surface area contributed by atoms with Gasteiger partial charge in [-0.25, -0.2) is 9.97 Å². The van der Waals surface area contributed by atoms with Crippen LogP contribution in [0.1, 0.15) is 23.3 Å². The number of halogens is 1. The van der Waals surface area contributed by atoms with Gasteiger partial charge >= 0.3 is 0 Å². The molecule has 0 bridgehead atoms. The Morgan fingerprint density at radius 1 is 1.00 bits per heavy atom. The van der Waals surface area contributed by atoms with E-state index in [-0.39, 0.29) is 11.6 Å². The smallest absolute Gasteiger partial charge is 0.274 e. The molecule has 1 aliphatic rings. The third kappa shape index (κ3) is 4.23. The van der Waals surface area contributed by atoms with Crippen molar-refractivity contribution >= 4 is 40.5 Å². The van der Waals surface area contributed by atoms with Gasteiger partial charge in [0.05, 0.1) is 10.7 Å². The molecule has 2 aromatic carbocycles. The molecule has 142 valence electrons. The Balaban J connectivity index is 1.44. The minimum atomic E-state index is -0.293. The lowest BCUT2D eigenvalue weighted by Crippen LogP contribution is -2.18. The summed E-state index contributed by atoms with van der Waals surface area (Å²) >= 11 is 6.14. The number of benzene rings is 2. The lowest BCUT2D eigenvalue weighted by atomic mass is 10.2. The second-order valence-electron chi connectivity index (χ2n) is 6.57. The van der Waals surface area contributed by atoms with Crippen molar-refractivity contribution in [2.45, 2.75) is 12.8 Å². The van der Waals surface area contributed by atoms with E-state index >= 15 is 0 Å². The molecular weight excluding hydrogens is 374 g/mol. The molecule has 7 heteroatoms. The maximum Gasteiger partial charge on any atom is 0.274 e. The number of para-hydroxylation sites is 1. The van der Waals surface area contributed by atoms with Crippen LogP contribution in [0.15, 0.2) is 60.8 Å². The van der Waals surface area contributed by atoms with Crippen molar-refractivity contribution in [3.05, 3.63) is 71.5 Å². The Bertz CT molecular complexity index is 971. The van der Waals surface area contributed by atoms with Gasteiger partial charge in [-0.2, -0.15) is 0 Å².